The molecular weight excluding hydrogens is 419 g/mol. The van der Waals surface area contributed by atoms with Gasteiger partial charge >= 0.3 is 0 Å². The second-order valence-electron chi connectivity index (χ2n) is 9.42. The topological polar surface area (TPSA) is 69.6 Å². The van der Waals surface area contributed by atoms with Crippen molar-refractivity contribution < 1.29 is 19.1 Å². The standard InChI is InChI=1S/C27H27FN2O3/c1-16-22(31)13-12-21-23(16)26(33)30(24(21)25(32)29-27(2,3)4)15-18-8-5-6-11-20(18)17-9-7-10-19(28)14-17/h5-14,24,31H,15H2,1-4H3,(H,29,32). The Kier molecular flexibility index (Phi) is 5.70. The van der Waals surface area contributed by atoms with E-state index in [0.717, 1.165) is 11.1 Å². The van der Waals surface area contributed by atoms with Gasteiger partial charge in [-0.2, -0.15) is 0 Å². The number of benzene rings is 3. The number of hydrogen-bond acceptors (Lipinski definition) is 3. The minimum atomic E-state index is -0.841. The maximum Gasteiger partial charge on any atom is 0.255 e. The SMILES string of the molecule is Cc1c(O)ccc2c1C(=O)N(Cc1ccccc1-c1cccc(F)c1)C2C(=O)NC(C)(C)C. The largest absolute Gasteiger partial charge is 0.508 e. The summed E-state index contributed by atoms with van der Waals surface area (Å²) in [6.07, 6.45) is 0. The van der Waals surface area contributed by atoms with Gasteiger partial charge in [0.2, 0.25) is 5.91 Å². The van der Waals surface area contributed by atoms with E-state index in [-0.39, 0.29) is 29.9 Å². The van der Waals surface area contributed by atoms with Crippen molar-refractivity contribution in [1.82, 2.24) is 10.2 Å². The van der Waals surface area contributed by atoms with Gasteiger partial charge in [-0.25, -0.2) is 4.39 Å². The van der Waals surface area contributed by atoms with Crippen LogP contribution < -0.4 is 5.32 Å². The summed E-state index contributed by atoms with van der Waals surface area (Å²) in [6, 6.07) is 16.1. The summed E-state index contributed by atoms with van der Waals surface area (Å²) in [5, 5.41) is 13.2. The first-order valence-electron chi connectivity index (χ1n) is 10.9. The number of fused-ring (bicyclic) bond motifs is 1. The van der Waals surface area contributed by atoms with Gasteiger partial charge in [0.15, 0.2) is 0 Å². The Morgan fingerprint density at radius 2 is 1.82 bits per heavy atom. The minimum Gasteiger partial charge on any atom is -0.508 e. The molecule has 1 aliphatic heterocycles. The zero-order valence-electron chi connectivity index (χ0n) is 19.1. The van der Waals surface area contributed by atoms with Crippen molar-refractivity contribution in [3.8, 4) is 16.9 Å². The molecule has 0 aromatic heterocycles. The van der Waals surface area contributed by atoms with Crippen LogP contribution in [0.3, 0.4) is 0 Å². The Bertz CT molecular complexity index is 1250. The average Bonchev–Trinajstić information content (AvgIpc) is 3.02. The molecule has 0 spiro atoms. The lowest BCUT2D eigenvalue weighted by Crippen LogP contribution is -2.46. The summed E-state index contributed by atoms with van der Waals surface area (Å²) in [7, 11) is 0. The molecule has 0 radical (unpaired) electrons. The lowest BCUT2D eigenvalue weighted by molar-refractivity contribution is -0.127. The van der Waals surface area contributed by atoms with E-state index in [1.165, 1.54) is 23.1 Å². The number of rotatable bonds is 4. The quantitative estimate of drug-likeness (QED) is 0.585. The number of hydrogen-bond donors (Lipinski definition) is 2. The molecule has 170 valence electrons. The molecule has 0 fully saturated rings. The highest BCUT2D eigenvalue weighted by atomic mass is 19.1. The van der Waals surface area contributed by atoms with Crippen LogP contribution >= 0.6 is 0 Å². The first-order chi connectivity index (χ1) is 15.6. The molecular formula is C27H27FN2O3. The molecule has 1 aliphatic rings. The second-order valence-corrected chi connectivity index (χ2v) is 9.42. The smallest absolute Gasteiger partial charge is 0.255 e. The fourth-order valence-electron chi connectivity index (χ4n) is 4.33. The van der Waals surface area contributed by atoms with Crippen molar-refractivity contribution in [3.63, 3.8) is 0 Å². The van der Waals surface area contributed by atoms with Gasteiger partial charge < -0.3 is 15.3 Å². The summed E-state index contributed by atoms with van der Waals surface area (Å²) in [4.78, 5) is 28.4. The Hall–Kier alpha value is -3.67. The van der Waals surface area contributed by atoms with E-state index in [2.05, 4.69) is 5.32 Å². The Balaban J connectivity index is 1.79. The number of phenolic OH excluding ortho intramolecular Hbond substituents is 1. The van der Waals surface area contributed by atoms with Crippen LogP contribution in [0.4, 0.5) is 4.39 Å². The van der Waals surface area contributed by atoms with Gasteiger partial charge in [0.05, 0.1) is 5.56 Å². The van der Waals surface area contributed by atoms with Crippen molar-refractivity contribution in [3.05, 3.63) is 88.7 Å². The summed E-state index contributed by atoms with van der Waals surface area (Å²) >= 11 is 0. The number of carbonyl (C=O) groups is 2. The predicted octanol–water partition coefficient (Wildman–Crippen LogP) is 5.12. The molecule has 1 atom stereocenters. The number of nitrogens with zero attached hydrogens (tertiary/aromatic N) is 1. The maximum absolute atomic E-state index is 13.9. The van der Waals surface area contributed by atoms with Crippen molar-refractivity contribution in [1.29, 1.82) is 0 Å². The number of carbonyl (C=O) groups excluding carboxylic acids is 2. The molecule has 5 nitrogen and oxygen atoms in total. The predicted molar refractivity (Wildman–Crippen MR) is 125 cm³/mol. The number of nitrogens with one attached hydrogen (secondary N) is 1. The van der Waals surface area contributed by atoms with Gasteiger partial charge in [0.25, 0.3) is 5.91 Å². The van der Waals surface area contributed by atoms with Crippen LogP contribution in [-0.4, -0.2) is 27.4 Å². The molecule has 1 heterocycles. The van der Waals surface area contributed by atoms with Crippen LogP contribution in [0.25, 0.3) is 11.1 Å². The maximum atomic E-state index is 13.9. The average molecular weight is 447 g/mol. The van der Waals surface area contributed by atoms with Crippen LogP contribution in [0.1, 0.15) is 53.9 Å². The molecule has 0 saturated heterocycles. The first kappa shape index (κ1) is 22.5. The van der Waals surface area contributed by atoms with Crippen molar-refractivity contribution >= 4 is 11.8 Å². The first-order valence-corrected chi connectivity index (χ1v) is 10.9. The van der Waals surface area contributed by atoms with Crippen LogP contribution in [0.2, 0.25) is 0 Å². The summed E-state index contributed by atoms with van der Waals surface area (Å²) in [6.45, 7) is 7.48. The van der Waals surface area contributed by atoms with E-state index < -0.39 is 11.6 Å². The Labute approximate surface area is 192 Å². The van der Waals surface area contributed by atoms with Gasteiger partial charge in [-0.1, -0.05) is 42.5 Å². The molecule has 3 aromatic carbocycles. The van der Waals surface area contributed by atoms with Crippen LogP contribution in [0, 0.1) is 12.7 Å². The van der Waals surface area contributed by atoms with E-state index in [9.17, 15) is 19.1 Å². The third kappa shape index (κ3) is 4.33. The van der Waals surface area contributed by atoms with Crippen LogP contribution in [0.15, 0.2) is 60.7 Å². The fraction of sp³-hybridized carbons (Fsp3) is 0.259. The summed E-state index contributed by atoms with van der Waals surface area (Å²) in [5.41, 5.74) is 3.16. The number of amides is 2. The van der Waals surface area contributed by atoms with Crippen LogP contribution in [-0.2, 0) is 11.3 Å². The summed E-state index contributed by atoms with van der Waals surface area (Å²) < 4.78 is 13.9. The third-order valence-electron chi connectivity index (χ3n) is 5.79. The molecule has 2 N–H and O–H groups in total. The van der Waals surface area contributed by atoms with Crippen molar-refractivity contribution in [2.24, 2.45) is 0 Å². The fourth-order valence-corrected chi connectivity index (χ4v) is 4.33. The molecule has 3 aromatic rings. The highest BCUT2D eigenvalue weighted by Gasteiger charge is 2.43. The van der Waals surface area contributed by atoms with Gasteiger partial charge in [0, 0.05) is 17.6 Å². The molecule has 0 bridgehead atoms. The van der Waals surface area contributed by atoms with E-state index >= 15 is 0 Å². The number of phenols is 1. The lowest BCUT2D eigenvalue weighted by Gasteiger charge is -2.29. The van der Waals surface area contributed by atoms with Gasteiger partial charge in [-0.3, -0.25) is 9.59 Å². The van der Waals surface area contributed by atoms with E-state index in [1.807, 2.05) is 51.1 Å². The molecule has 0 aliphatic carbocycles. The minimum absolute atomic E-state index is 0.0130. The van der Waals surface area contributed by atoms with Crippen LogP contribution in [0.5, 0.6) is 5.75 Å². The highest BCUT2D eigenvalue weighted by molar-refractivity contribution is 6.06. The molecule has 4 rings (SSSR count). The van der Waals surface area contributed by atoms with E-state index in [0.29, 0.717) is 22.3 Å². The normalized spacial score (nSPS) is 15.5. The summed E-state index contributed by atoms with van der Waals surface area (Å²) in [5.74, 6) is -0.941. The van der Waals surface area contributed by atoms with E-state index in [4.69, 9.17) is 0 Å². The molecule has 1 unspecified atom stereocenters. The number of halogens is 1. The monoisotopic (exact) mass is 446 g/mol. The highest BCUT2D eigenvalue weighted by Crippen LogP contribution is 2.40. The van der Waals surface area contributed by atoms with Gasteiger partial charge in [-0.15, -0.1) is 0 Å². The zero-order valence-corrected chi connectivity index (χ0v) is 19.1. The van der Waals surface area contributed by atoms with Crippen molar-refractivity contribution in [2.75, 3.05) is 0 Å². The Morgan fingerprint density at radius 3 is 2.52 bits per heavy atom. The Morgan fingerprint density at radius 1 is 1.09 bits per heavy atom. The van der Waals surface area contributed by atoms with E-state index in [1.54, 1.807) is 19.1 Å². The van der Waals surface area contributed by atoms with Crippen molar-refractivity contribution in [2.45, 2.75) is 45.8 Å². The van der Waals surface area contributed by atoms with Gasteiger partial charge in [0.1, 0.15) is 17.6 Å². The zero-order chi connectivity index (χ0) is 23.9. The molecule has 2 amide bonds. The molecule has 6 heteroatoms. The third-order valence-corrected chi connectivity index (χ3v) is 5.79. The molecule has 33 heavy (non-hydrogen) atoms. The molecule has 0 saturated carbocycles. The van der Waals surface area contributed by atoms with Gasteiger partial charge in [-0.05, 0) is 68.1 Å². The lowest BCUT2D eigenvalue weighted by atomic mass is 9.97. The second kappa shape index (κ2) is 8.35. The number of aromatic hydroxyl groups is 1.